The van der Waals surface area contributed by atoms with Crippen LogP contribution in [-0.2, 0) is 13.0 Å². The van der Waals surface area contributed by atoms with Crippen molar-refractivity contribution in [3.63, 3.8) is 0 Å². The minimum Gasteiger partial charge on any atom is -0.467 e. The SMILES string of the molecule is COc1ncc(CN2CCC(C3NNCC3Cc3ccccc3)CC2)cn1. The number of likely N-dealkylation sites (tertiary alicyclic amines) is 1. The molecule has 0 spiro atoms. The molecule has 2 aromatic rings. The number of benzene rings is 1. The van der Waals surface area contributed by atoms with Gasteiger partial charge in [-0.2, -0.15) is 0 Å². The highest BCUT2D eigenvalue weighted by molar-refractivity contribution is 5.16. The fourth-order valence-electron chi connectivity index (χ4n) is 4.43. The molecule has 3 heterocycles. The molecule has 2 saturated heterocycles. The van der Waals surface area contributed by atoms with Crippen LogP contribution in [0.3, 0.4) is 0 Å². The van der Waals surface area contributed by atoms with Crippen LogP contribution in [0.15, 0.2) is 42.7 Å². The van der Waals surface area contributed by atoms with Gasteiger partial charge in [-0.15, -0.1) is 0 Å². The van der Waals surface area contributed by atoms with Crippen molar-refractivity contribution in [2.75, 3.05) is 26.7 Å². The summed E-state index contributed by atoms with van der Waals surface area (Å²) in [4.78, 5) is 10.9. The Morgan fingerprint density at radius 3 is 2.52 bits per heavy atom. The molecule has 6 heteroatoms. The third-order valence-electron chi connectivity index (χ3n) is 5.89. The number of aromatic nitrogens is 2. The van der Waals surface area contributed by atoms with E-state index in [1.54, 1.807) is 7.11 Å². The highest BCUT2D eigenvalue weighted by Crippen LogP contribution is 2.29. The zero-order chi connectivity index (χ0) is 18.5. The highest BCUT2D eigenvalue weighted by Gasteiger charge is 2.35. The maximum absolute atomic E-state index is 5.03. The minimum atomic E-state index is 0.432. The number of nitrogens with one attached hydrogen (secondary N) is 2. The largest absolute Gasteiger partial charge is 0.467 e. The number of piperidine rings is 1. The lowest BCUT2D eigenvalue weighted by Gasteiger charge is -2.36. The molecule has 2 N–H and O–H groups in total. The monoisotopic (exact) mass is 367 g/mol. The van der Waals surface area contributed by atoms with Crippen LogP contribution < -0.4 is 15.6 Å². The zero-order valence-corrected chi connectivity index (χ0v) is 16.0. The first-order valence-electron chi connectivity index (χ1n) is 9.91. The van der Waals surface area contributed by atoms with Gasteiger partial charge in [0.15, 0.2) is 0 Å². The van der Waals surface area contributed by atoms with E-state index in [2.05, 4.69) is 56.1 Å². The summed E-state index contributed by atoms with van der Waals surface area (Å²) >= 11 is 0. The van der Waals surface area contributed by atoms with Gasteiger partial charge in [-0.3, -0.25) is 15.8 Å². The highest BCUT2D eigenvalue weighted by atomic mass is 16.5. The van der Waals surface area contributed by atoms with Gasteiger partial charge in [0.1, 0.15) is 0 Å². The Morgan fingerprint density at radius 2 is 1.81 bits per heavy atom. The summed E-state index contributed by atoms with van der Waals surface area (Å²) in [6, 6.07) is 11.9. The van der Waals surface area contributed by atoms with E-state index >= 15 is 0 Å². The van der Waals surface area contributed by atoms with Crippen LogP contribution in [0.2, 0.25) is 0 Å². The van der Waals surface area contributed by atoms with Gasteiger partial charge in [-0.05, 0) is 49.8 Å². The first-order chi connectivity index (χ1) is 13.3. The minimum absolute atomic E-state index is 0.432. The Labute approximate surface area is 161 Å². The quantitative estimate of drug-likeness (QED) is 0.815. The van der Waals surface area contributed by atoms with Gasteiger partial charge in [0.05, 0.1) is 7.11 Å². The maximum atomic E-state index is 5.03. The standard InChI is InChI=1S/C21H29N5O/c1-27-21-22-12-17(13-23-21)15-26-9-7-18(8-10-26)20-19(14-24-25-20)11-16-5-3-2-4-6-16/h2-6,12-13,18-20,24-25H,7-11,14-15H2,1H3. The predicted molar refractivity (Wildman–Crippen MR) is 105 cm³/mol. The average Bonchev–Trinajstić information content (AvgIpc) is 3.18. The molecule has 144 valence electrons. The fraction of sp³-hybridized carbons (Fsp3) is 0.524. The van der Waals surface area contributed by atoms with Crippen molar-refractivity contribution < 1.29 is 4.74 Å². The molecule has 0 saturated carbocycles. The summed E-state index contributed by atoms with van der Waals surface area (Å²) in [5.74, 6) is 1.40. The number of ether oxygens (including phenoxy) is 1. The summed E-state index contributed by atoms with van der Waals surface area (Å²) < 4.78 is 5.03. The first-order valence-corrected chi connectivity index (χ1v) is 9.91. The van der Waals surface area contributed by atoms with E-state index in [4.69, 9.17) is 4.74 Å². The second-order valence-corrected chi connectivity index (χ2v) is 7.69. The van der Waals surface area contributed by atoms with Crippen molar-refractivity contribution >= 4 is 0 Å². The molecule has 2 unspecified atom stereocenters. The van der Waals surface area contributed by atoms with Crippen molar-refractivity contribution in [2.45, 2.75) is 31.8 Å². The average molecular weight is 367 g/mol. The molecule has 0 radical (unpaired) electrons. The van der Waals surface area contributed by atoms with Crippen molar-refractivity contribution in [1.29, 1.82) is 0 Å². The van der Waals surface area contributed by atoms with Crippen LogP contribution in [0, 0.1) is 11.8 Å². The molecule has 2 fully saturated rings. The summed E-state index contributed by atoms with van der Waals surface area (Å²) in [5.41, 5.74) is 9.57. The Hall–Kier alpha value is -2.02. The Bertz CT molecular complexity index is 700. The third-order valence-corrected chi connectivity index (χ3v) is 5.89. The number of hydrogen-bond acceptors (Lipinski definition) is 6. The molecule has 2 aliphatic rings. The lowest BCUT2D eigenvalue weighted by molar-refractivity contribution is 0.144. The Morgan fingerprint density at radius 1 is 1.07 bits per heavy atom. The van der Waals surface area contributed by atoms with Crippen molar-refractivity contribution in [3.8, 4) is 6.01 Å². The molecule has 0 bridgehead atoms. The molecule has 1 aromatic heterocycles. The van der Waals surface area contributed by atoms with Crippen LogP contribution in [0.4, 0.5) is 0 Å². The lowest BCUT2D eigenvalue weighted by Crippen LogP contribution is -2.44. The van der Waals surface area contributed by atoms with E-state index in [0.717, 1.165) is 44.1 Å². The van der Waals surface area contributed by atoms with Crippen molar-refractivity contribution in [1.82, 2.24) is 25.7 Å². The molecule has 2 aliphatic heterocycles. The summed E-state index contributed by atoms with van der Waals surface area (Å²) in [7, 11) is 1.59. The number of methoxy groups -OCH3 is 1. The van der Waals surface area contributed by atoms with Crippen molar-refractivity contribution in [2.24, 2.45) is 11.8 Å². The molecule has 4 rings (SSSR count). The van der Waals surface area contributed by atoms with Crippen molar-refractivity contribution in [3.05, 3.63) is 53.9 Å². The molecule has 27 heavy (non-hydrogen) atoms. The van der Waals surface area contributed by atoms with Gasteiger partial charge in [0, 0.05) is 37.1 Å². The second kappa shape index (κ2) is 8.78. The Balaban J connectivity index is 1.29. The van der Waals surface area contributed by atoms with E-state index < -0.39 is 0 Å². The van der Waals surface area contributed by atoms with Gasteiger partial charge in [0.2, 0.25) is 0 Å². The zero-order valence-electron chi connectivity index (χ0n) is 16.0. The van der Waals surface area contributed by atoms with Crippen LogP contribution in [0.1, 0.15) is 24.0 Å². The molecule has 6 nitrogen and oxygen atoms in total. The molecular weight excluding hydrogens is 338 g/mol. The number of nitrogens with zero attached hydrogens (tertiary/aromatic N) is 3. The number of rotatable bonds is 6. The molecular formula is C21H29N5O. The van der Waals surface area contributed by atoms with Crippen LogP contribution in [0.5, 0.6) is 6.01 Å². The molecule has 0 amide bonds. The smallest absolute Gasteiger partial charge is 0.316 e. The van der Waals surface area contributed by atoms with Gasteiger partial charge >= 0.3 is 6.01 Å². The molecule has 2 atom stereocenters. The Kier molecular flexibility index (Phi) is 5.97. The third kappa shape index (κ3) is 4.64. The first kappa shape index (κ1) is 18.3. The van der Waals surface area contributed by atoms with Gasteiger partial charge in [-0.1, -0.05) is 30.3 Å². The van der Waals surface area contributed by atoms with Gasteiger partial charge in [-0.25, -0.2) is 9.97 Å². The second-order valence-electron chi connectivity index (χ2n) is 7.69. The topological polar surface area (TPSA) is 62.3 Å². The fourth-order valence-corrected chi connectivity index (χ4v) is 4.43. The van der Waals surface area contributed by atoms with Crippen LogP contribution in [-0.4, -0.2) is 47.7 Å². The van der Waals surface area contributed by atoms with E-state index in [-0.39, 0.29) is 0 Å². The molecule has 1 aromatic carbocycles. The normalized spacial score (nSPS) is 24.2. The number of hydrogen-bond donors (Lipinski definition) is 2. The van der Waals surface area contributed by atoms with E-state index in [1.165, 1.54) is 18.4 Å². The predicted octanol–water partition coefficient (Wildman–Crippen LogP) is 2.03. The lowest BCUT2D eigenvalue weighted by atomic mass is 9.81. The van der Waals surface area contributed by atoms with Gasteiger partial charge < -0.3 is 4.74 Å². The summed E-state index contributed by atoms with van der Waals surface area (Å²) in [6.07, 6.45) is 7.37. The van der Waals surface area contributed by atoms with E-state index in [9.17, 15) is 0 Å². The van der Waals surface area contributed by atoms with Crippen LogP contribution in [0.25, 0.3) is 0 Å². The number of hydrazine groups is 1. The summed E-state index contributed by atoms with van der Waals surface area (Å²) in [5, 5.41) is 0. The summed E-state index contributed by atoms with van der Waals surface area (Å²) in [6.45, 7) is 4.24. The molecule has 0 aliphatic carbocycles. The van der Waals surface area contributed by atoms with Gasteiger partial charge in [0.25, 0.3) is 0 Å². The van der Waals surface area contributed by atoms with Crippen LogP contribution >= 0.6 is 0 Å². The maximum Gasteiger partial charge on any atom is 0.316 e. The van der Waals surface area contributed by atoms with E-state index in [0.29, 0.717) is 18.0 Å². The van der Waals surface area contributed by atoms with E-state index in [1.807, 2.05) is 12.4 Å².